The summed E-state index contributed by atoms with van der Waals surface area (Å²) in [4.78, 5) is 11.8. The lowest BCUT2D eigenvalue weighted by molar-refractivity contribution is -0.142. The average molecular weight is 295 g/mol. The maximum atomic E-state index is 11.8. The van der Waals surface area contributed by atoms with Crippen LogP contribution in [0.2, 0.25) is 0 Å². The van der Waals surface area contributed by atoms with E-state index in [0.29, 0.717) is 12.2 Å². The van der Waals surface area contributed by atoms with E-state index in [1.807, 2.05) is 24.3 Å². The van der Waals surface area contributed by atoms with Crippen LogP contribution >= 0.6 is 11.8 Å². The van der Waals surface area contributed by atoms with Gasteiger partial charge in [-0.25, -0.2) is 4.79 Å². The van der Waals surface area contributed by atoms with Gasteiger partial charge in [0, 0.05) is 11.4 Å². The van der Waals surface area contributed by atoms with Crippen molar-refractivity contribution in [2.24, 2.45) is 5.41 Å². The Kier molecular flexibility index (Phi) is 4.18. The number of thioether (sulfide) groups is 1. The summed E-state index contributed by atoms with van der Waals surface area (Å²) >= 11 is 1.70. The number of benzene rings is 1. The number of ether oxygens (including phenoxy) is 1. The topological polar surface area (TPSA) is 58.6 Å². The largest absolute Gasteiger partial charge is 0.497 e. The summed E-state index contributed by atoms with van der Waals surface area (Å²) in [6, 6.07) is 7.38. The lowest BCUT2D eigenvalue weighted by Gasteiger charge is -2.42. The summed E-state index contributed by atoms with van der Waals surface area (Å²) in [6.07, 6.45) is 0.619. The third kappa shape index (κ3) is 3.20. The quantitative estimate of drug-likeness (QED) is 0.894. The van der Waals surface area contributed by atoms with Gasteiger partial charge in [0.05, 0.1) is 7.11 Å². The van der Waals surface area contributed by atoms with Crippen molar-refractivity contribution in [3.8, 4) is 5.75 Å². The molecule has 1 aromatic rings. The van der Waals surface area contributed by atoms with Crippen molar-refractivity contribution in [1.82, 2.24) is 0 Å². The molecule has 1 saturated heterocycles. The van der Waals surface area contributed by atoms with E-state index in [1.54, 1.807) is 18.9 Å². The van der Waals surface area contributed by atoms with Crippen LogP contribution in [0, 0.1) is 5.41 Å². The predicted octanol–water partition coefficient (Wildman–Crippen LogP) is 3.09. The van der Waals surface area contributed by atoms with E-state index in [0.717, 1.165) is 17.2 Å². The van der Waals surface area contributed by atoms with Gasteiger partial charge in [-0.2, -0.15) is 11.8 Å². The van der Waals surface area contributed by atoms with E-state index in [9.17, 15) is 9.90 Å². The van der Waals surface area contributed by atoms with Crippen LogP contribution in [0.1, 0.15) is 20.3 Å². The molecule has 4 nitrogen and oxygen atoms in total. The molecule has 1 atom stereocenters. The summed E-state index contributed by atoms with van der Waals surface area (Å²) in [6.45, 7) is 4.24. The number of carbonyl (C=O) groups is 1. The van der Waals surface area contributed by atoms with Crippen LogP contribution in [0.5, 0.6) is 5.75 Å². The highest BCUT2D eigenvalue weighted by Crippen LogP contribution is 2.41. The van der Waals surface area contributed by atoms with Gasteiger partial charge in [0.25, 0.3) is 0 Å². The molecule has 0 radical (unpaired) electrons. The summed E-state index contributed by atoms with van der Waals surface area (Å²) in [5, 5.41) is 12.9. The van der Waals surface area contributed by atoms with Crippen LogP contribution in [-0.4, -0.2) is 35.2 Å². The smallest absolute Gasteiger partial charge is 0.330 e. The van der Waals surface area contributed by atoms with Gasteiger partial charge in [-0.15, -0.1) is 0 Å². The number of anilines is 1. The molecular formula is C15H21NO3S. The number of hydrogen-bond acceptors (Lipinski definition) is 4. The van der Waals surface area contributed by atoms with Gasteiger partial charge in [-0.05, 0) is 41.9 Å². The van der Waals surface area contributed by atoms with Gasteiger partial charge < -0.3 is 15.2 Å². The molecule has 1 heterocycles. The first kappa shape index (κ1) is 15.0. The summed E-state index contributed by atoms with van der Waals surface area (Å²) in [7, 11) is 1.61. The molecule has 1 unspecified atom stereocenters. The molecule has 5 heteroatoms. The molecule has 0 bridgehead atoms. The van der Waals surface area contributed by atoms with Gasteiger partial charge in [-0.1, -0.05) is 13.8 Å². The fourth-order valence-corrected chi connectivity index (χ4v) is 4.05. The molecule has 0 amide bonds. The van der Waals surface area contributed by atoms with Crippen molar-refractivity contribution in [2.45, 2.75) is 25.8 Å². The van der Waals surface area contributed by atoms with E-state index in [-0.39, 0.29) is 5.41 Å². The number of hydrogen-bond donors (Lipinski definition) is 2. The molecule has 110 valence electrons. The molecule has 0 saturated carbocycles. The second-order valence-corrected chi connectivity index (χ2v) is 7.06. The third-order valence-electron chi connectivity index (χ3n) is 3.50. The number of aliphatic carboxylic acids is 1. The Hall–Kier alpha value is -1.36. The Morgan fingerprint density at radius 3 is 2.45 bits per heavy atom. The van der Waals surface area contributed by atoms with Crippen LogP contribution in [-0.2, 0) is 4.79 Å². The third-order valence-corrected chi connectivity index (χ3v) is 5.19. The molecule has 0 spiro atoms. The van der Waals surface area contributed by atoms with Crippen LogP contribution in [0.25, 0.3) is 0 Å². The summed E-state index contributed by atoms with van der Waals surface area (Å²) < 4.78 is 5.12. The van der Waals surface area contributed by atoms with Crippen molar-refractivity contribution >= 4 is 23.4 Å². The first-order chi connectivity index (χ1) is 9.37. The Bertz CT molecular complexity index is 486. The maximum Gasteiger partial charge on any atom is 0.330 e. The molecule has 20 heavy (non-hydrogen) atoms. The van der Waals surface area contributed by atoms with E-state index in [1.165, 1.54) is 0 Å². The van der Waals surface area contributed by atoms with Crippen LogP contribution in [0.3, 0.4) is 0 Å². The molecule has 0 aliphatic carbocycles. The van der Waals surface area contributed by atoms with Crippen molar-refractivity contribution in [3.63, 3.8) is 0 Å². The SMILES string of the molecule is COc1ccc(NC2(C(=O)O)CSCC(C)(C)C2)cc1. The lowest BCUT2D eigenvalue weighted by Crippen LogP contribution is -2.54. The Balaban J connectivity index is 2.22. The standard InChI is InChI=1S/C15H21NO3S/c1-14(2)8-15(13(17)18,10-20-9-14)16-11-4-6-12(19-3)7-5-11/h4-7,16H,8-10H2,1-3H3,(H,17,18). The van der Waals surface area contributed by atoms with Crippen molar-refractivity contribution in [3.05, 3.63) is 24.3 Å². The van der Waals surface area contributed by atoms with Crippen molar-refractivity contribution in [1.29, 1.82) is 0 Å². The van der Waals surface area contributed by atoms with Gasteiger partial charge in [0.2, 0.25) is 0 Å². The number of methoxy groups -OCH3 is 1. The number of carboxylic acid groups (broad SMARTS) is 1. The highest BCUT2D eigenvalue weighted by atomic mass is 32.2. The fraction of sp³-hybridized carbons (Fsp3) is 0.533. The molecular weight excluding hydrogens is 274 g/mol. The first-order valence-electron chi connectivity index (χ1n) is 6.60. The van der Waals surface area contributed by atoms with Crippen molar-refractivity contribution in [2.75, 3.05) is 23.9 Å². The average Bonchev–Trinajstić information content (AvgIpc) is 2.38. The molecule has 0 aromatic heterocycles. The lowest BCUT2D eigenvalue weighted by atomic mass is 9.79. The summed E-state index contributed by atoms with van der Waals surface area (Å²) in [5.74, 6) is 1.55. The van der Waals surface area contributed by atoms with E-state index < -0.39 is 11.5 Å². The zero-order valence-corrected chi connectivity index (χ0v) is 12.9. The molecule has 1 aliphatic heterocycles. The minimum absolute atomic E-state index is 0.0147. The molecule has 1 aromatic carbocycles. The zero-order valence-electron chi connectivity index (χ0n) is 12.1. The van der Waals surface area contributed by atoms with Crippen LogP contribution in [0.4, 0.5) is 5.69 Å². The van der Waals surface area contributed by atoms with Gasteiger partial charge >= 0.3 is 5.97 Å². The minimum Gasteiger partial charge on any atom is -0.497 e. The fourth-order valence-electron chi connectivity index (χ4n) is 2.64. The minimum atomic E-state index is -0.902. The monoisotopic (exact) mass is 295 g/mol. The Morgan fingerprint density at radius 2 is 1.95 bits per heavy atom. The normalized spacial score (nSPS) is 24.9. The van der Waals surface area contributed by atoms with Crippen LogP contribution < -0.4 is 10.1 Å². The second kappa shape index (κ2) is 5.56. The Labute approximate surface area is 123 Å². The van der Waals surface area contributed by atoms with E-state index in [2.05, 4.69) is 19.2 Å². The number of rotatable bonds is 4. The highest BCUT2D eigenvalue weighted by Gasteiger charge is 2.46. The van der Waals surface area contributed by atoms with Gasteiger partial charge in [-0.3, -0.25) is 0 Å². The predicted molar refractivity (Wildman–Crippen MR) is 82.7 cm³/mol. The van der Waals surface area contributed by atoms with E-state index in [4.69, 9.17) is 4.74 Å². The van der Waals surface area contributed by atoms with Crippen molar-refractivity contribution < 1.29 is 14.6 Å². The Morgan fingerprint density at radius 1 is 1.30 bits per heavy atom. The van der Waals surface area contributed by atoms with E-state index >= 15 is 0 Å². The second-order valence-electron chi connectivity index (χ2n) is 6.07. The zero-order chi connectivity index (χ0) is 14.8. The number of nitrogens with one attached hydrogen (secondary N) is 1. The molecule has 2 N–H and O–H groups in total. The molecule has 1 aliphatic rings. The van der Waals surface area contributed by atoms with Crippen LogP contribution in [0.15, 0.2) is 24.3 Å². The molecule has 1 fully saturated rings. The van der Waals surface area contributed by atoms with Gasteiger partial charge in [0.1, 0.15) is 11.3 Å². The summed E-state index contributed by atoms with van der Waals surface area (Å²) in [5.41, 5.74) is -0.0755. The van der Waals surface area contributed by atoms with Gasteiger partial charge in [0.15, 0.2) is 0 Å². The maximum absolute atomic E-state index is 11.8. The number of carboxylic acids is 1. The first-order valence-corrected chi connectivity index (χ1v) is 7.76. The molecule has 2 rings (SSSR count). The highest BCUT2D eigenvalue weighted by molar-refractivity contribution is 7.99.